The van der Waals surface area contributed by atoms with Crippen LogP contribution in [0.5, 0.6) is 5.75 Å². The molecule has 0 heterocycles. The van der Waals surface area contributed by atoms with E-state index in [1.165, 1.54) is 12.1 Å². The molecule has 0 aliphatic rings. The lowest BCUT2D eigenvalue weighted by Crippen LogP contribution is -2.06. The standard InChI is InChI=1S/C15H13BrFNO3/c1-21-14-5-3-11(16)7-13(14)18-8-10-6-9(15(19)20)2-4-12(10)17/h2-7,18H,8H2,1H3,(H,19,20). The Hall–Kier alpha value is -2.08. The number of hydrogen-bond donors (Lipinski definition) is 2. The minimum Gasteiger partial charge on any atom is -0.495 e. The highest BCUT2D eigenvalue weighted by molar-refractivity contribution is 9.10. The molecule has 0 fully saturated rings. The maximum atomic E-state index is 13.7. The summed E-state index contributed by atoms with van der Waals surface area (Å²) >= 11 is 3.35. The van der Waals surface area contributed by atoms with Gasteiger partial charge in [0, 0.05) is 16.6 Å². The Balaban J connectivity index is 2.22. The number of hydrogen-bond acceptors (Lipinski definition) is 3. The quantitative estimate of drug-likeness (QED) is 0.855. The molecule has 0 unspecified atom stereocenters. The van der Waals surface area contributed by atoms with Crippen LogP contribution in [0.2, 0.25) is 0 Å². The van der Waals surface area contributed by atoms with Crippen LogP contribution in [0.25, 0.3) is 0 Å². The summed E-state index contributed by atoms with van der Waals surface area (Å²) < 4.78 is 19.8. The van der Waals surface area contributed by atoms with E-state index in [1.807, 2.05) is 6.07 Å². The van der Waals surface area contributed by atoms with Crippen LogP contribution >= 0.6 is 15.9 Å². The molecule has 2 aromatic rings. The number of carboxylic acids is 1. The van der Waals surface area contributed by atoms with Crippen molar-refractivity contribution in [2.24, 2.45) is 0 Å². The van der Waals surface area contributed by atoms with Gasteiger partial charge in [-0.3, -0.25) is 0 Å². The summed E-state index contributed by atoms with van der Waals surface area (Å²) in [6.45, 7) is 0.153. The highest BCUT2D eigenvalue weighted by Crippen LogP contribution is 2.28. The Bertz CT molecular complexity index is 676. The number of methoxy groups -OCH3 is 1. The van der Waals surface area contributed by atoms with Gasteiger partial charge in [0.25, 0.3) is 0 Å². The van der Waals surface area contributed by atoms with Crippen LogP contribution in [0.4, 0.5) is 10.1 Å². The fraction of sp³-hybridized carbons (Fsp3) is 0.133. The monoisotopic (exact) mass is 353 g/mol. The maximum Gasteiger partial charge on any atom is 0.335 e. The topological polar surface area (TPSA) is 58.6 Å². The zero-order chi connectivity index (χ0) is 15.4. The summed E-state index contributed by atoms with van der Waals surface area (Å²) in [5.41, 5.74) is 1.01. The van der Waals surface area contributed by atoms with Crippen molar-refractivity contribution in [3.63, 3.8) is 0 Å². The lowest BCUT2D eigenvalue weighted by Gasteiger charge is -2.12. The Morgan fingerprint density at radius 3 is 2.76 bits per heavy atom. The number of benzene rings is 2. The van der Waals surface area contributed by atoms with Crippen LogP contribution in [0.3, 0.4) is 0 Å². The molecule has 0 spiro atoms. The first kappa shape index (κ1) is 15.3. The fourth-order valence-electron chi connectivity index (χ4n) is 1.85. The lowest BCUT2D eigenvalue weighted by molar-refractivity contribution is 0.0696. The largest absolute Gasteiger partial charge is 0.495 e. The van der Waals surface area contributed by atoms with Crippen molar-refractivity contribution in [1.29, 1.82) is 0 Å². The minimum absolute atomic E-state index is 0.0504. The third kappa shape index (κ3) is 3.72. The average molecular weight is 354 g/mol. The molecular weight excluding hydrogens is 341 g/mol. The van der Waals surface area contributed by atoms with E-state index in [2.05, 4.69) is 21.2 Å². The van der Waals surface area contributed by atoms with Gasteiger partial charge in [0.2, 0.25) is 0 Å². The first-order chi connectivity index (χ1) is 10.0. The predicted octanol–water partition coefficient (Wildman–Crippen LogP) is 3.91. The Kier molecular flexibility index (Phi) is 4.80. The molecule has 0 saturated heterocycles. The van der Waals surface area contributed by atoms with Crippen molar-refractivity contribution in [2.45, 2.75) is 6.54 Å². The smallest absolute Gasteiger partial charge is 0.335 e. The van der Waals surface area contributed by atoms with Gasteiger partial charge in [-0.15, -0.1) is 0 Å². The van der Waals surface area contributed by atoms with E-state index in [0.29, 0.717) is 11.4 Å². The van der Waals surface area contributed by atoms with Gasteiger partial charge < -0.3 is 15.2 Å². The fourth-order valence-corrected chi connectivity index (χ4v) is 2.21. The number of halogens is 2. The van der Waals surface area contributed by atoms with Gasteiger partial charge in [0.1, 0.15) is 11.6 Å². The lowest BCUT2D eigenvalue weighted by atomic mass is 10.1. The SMILES string of the molecule is COc1ccc(Br)cc1NCc1cc(C(=O)O)ccc1F. The number of rotatable bonds is 5. The number of aromatic carboxylic acids is 1. The normalized spacial score (nSPS) is 10.2. The first-order valence-electron chi connectivity index (χ1n) is 6.10. The van der Waals surface area contributed by atoms with Crippen LogP contribution in [-0.4, -0.2) is 18.2 Å². The molecule has 0 aromatic heterocycles. The maximum absolute atomic E-state index is 13.7. The van der Waals surface area contributed by atoms with Crippen LogP contribution in [0, 0.1) is 5.82 Å². The molecule has 2 N–H and O–H groups in total. The molecule has 21 heavy (non-hydrogen) atoms. The third-order valence-electron chi connectivity index (χ3n) is 2.92. The second kappa shape index (κ2) is 6.58. The molecule has 2 aromatic carbocycles. The molecule has 0 atom stereocenters. The second-order valence-corrected chi connectivity index (χ2v) is 5.23. The minimum atomic E-state index is -1.09. The number of ether oxygens (including phenoxy) is 1. The van der Waals surface area contributed by atoms with Gasteiger partial charge in [0.15, 0.2) is 0 Å². The Morgan fingerprint density at radius 2 is 2.10 bits per heavy atom. The second-order valence-electron chi connectivity index (χ2n) is 4.31. The van der Waals surface area contributed by atoms with Crippen LogP contribution in [-0.2, 0) is 6.54 Å². The summed E-state index contributed by atoms with van der Waals surface area (Å²) in [6.07, 6.45) is 0. The summed E-state index contributed by atoms with van der Waals surface area (Å²) in [7, 11) is 1.54. The van der Waals surface area contributed by atoms with Crippen molar-refractivity contribution < 1.29 is 19.0 Å². The van der Waals surface area contributed by atoms with Crippen LogP contribution in [0.15, 0.2) is 40.9 Å². The highest BCUT2D eigenvalue weighted by Gasteiger charge is 2.09. The summed E-state index contributed by atoms with van der Waals surface area (Å²) in [5, 5.41) is 12.0. The molecular formula is C15H13BrFNO3. The predicted molar refractivity (Wildman–Crippen MR) is 81.4 cm³/mol. The van der Waals surface area contributed by atoms with Crippen molar-refractivity contribution in [3.05, 3.63) is 57.8 Å². The Labute approximate surface area is 129 Å². The van der Waals surface area contributed by atoms with Crippen molar-refractivity contribution in [3.8, 4) is 5.75 Å². The Morgan fingerprint density at radius 1 is 1.33 bits per heavy atom. The van der Waals surface area contributed by atoms with Gasteiger partial charge >= 0.3 is 5.97 Å². The first-order valence-corrected chi connectivity index (χ1v) is 6.89. The molecule has 6 heteroatoms. The molecule has 4 nitrogen and oxygen atoms in total. The third-order valence-corrected chi connectivity index (χ3v) is 3.42. The van der Waals surface area contributed by atoms with Gasteiger partial charge in [-0.1, -0.05) is 15.9 Å². The molecule has 0 bridgehead atoms. The molecule has 110 valence electrons. The van der Waals surface area contributed by atoms with Gasteiger partial charge in [-0.2, -0.15) is 0 Å². The van der Waals surface area contributed by atoms with Gasteiger partial charge in [-0.25, -0.2) is 9.18 Å². The molecule has 0 radical (unpaired) electrons. The van der Waals surface area contributed by atoms with E-state index < -0.39 is 11.8 Å². The zero-order valence-corrected chi connectivity index (χ0v) is 12.8. The molecule has 0 amide bonds. The molecule has 0 aliphatic carbocycles. The van der Waals surface area contributed by atoms with E-state index >= 15 is 0 Å². The number of carbonyl (C=O) groups is 1. The molecule has 0 saturated carbocycles. The van der Waals surface area contributed by atoms with E-state index in [1.54, 1.807) is 19.2 Å². The van der Waals surface area contributed by atoms with Gasteiger partial charge in [0.05, 0.1) is 18.4 Å². The summed E-state index contributed by atoms with van der Waals surface area (Å²) in [6, 6.07) is 9.11. The summed E-state index contributed by atoms with van der Waals surface area (Å²) in [5.74, 6) is -0.925. The van der Waals surface area contributed by atoms with Crippen molar-refractivity contribution in [2.75, 3.05) is 12.4 Å². The van der Waals surface area contributed by atoms with E-state index in [0.717, 1.165) is 10.5 Å². The van der Waals surface area contributed by atoms with Crippen molar-refractivity contribution >= 4 is 27.6 Å². The van der Waals surface area contributed by atoms with Gasteiger partial charge in [-0.05, 0) is 36.4 Å². The van der Waals surface area contributed by atoms with E-state index in [4.69, 9.17) is 9.84 Å². The highest BCUT2D eigenvalue weighted by atomic mass is 79.9. The number of carboxylic acid groups (broad SMARTS) is 1. The number of anilines is 1. The van der Waals surface area contributed by atoms with E-state index in [9.17, 15) is 9.18 Å². The van der Waals surface area contributed by atoms with E-state index in [-0.39, 0.29) is 17.7 Å². The summed E-state index contributed by atoms with van der Waals surface area (Å²) in [4.78, 5) is 10.9. The number of nitrogens with one attached hydrogen (secondary N) is 1. The molecule has 0 aliphatic heterocycles. The average Bonchev–Trinajstić information content (AvgIpc) is 2.46. The molecule has 2 rings (SSSR count). The van der Waals surface area contributed by atoms with Crippen LogP contribution in [0.1, 0.15) is 15.9 Å². The van der Waals surface area contributed by atoms with Crippen molar-refractivity contribution in [1.82, 2.24) is 0 Å². The zero-order valence-electron chi connectivity index (χ0n) is 11.2. The van der Waals surface area contributed by atoms with Crippen LogP contribution < -0.4 is 10.1 Å².